The maximum absolute atomic E-state index is 3.57. The molecule has 0 saturated carbocycles. The van der Waals surface area contributed by atoms with E-state index in [0.717, 1.165) is 19.6 Å². The van der Waals surface area contributed by atoms with E-state index < -0.39 is 0 Å². The lowest BCUT2D eigenvalue weighted by atomic mass is 10.1. The number of likely N-dealkylation sites (N-methyl/N-ethyl adjacent to an activating group) is 1. The van der Waals surface area contributed by atoms with Crippen LogP contribution in [0.15, 0.2) is 30.5 Å². The number of hydrogen-bond acceptors (Lipinski definition) is 2. The van der Waals surface area contributed by atoms with Crippen molar-refractivity contribution >= 4 is 10.9 Å². The second-order valence-electron chi connectivity index (χ2n) is 5.04. The molecule has 2 N–H and O–H groups in total. The van der Waals surface area contributed by atoms with Crippen LogP contribution in [0.5, 0.6) is 0 Å². The van der Waals surface area contributed by atoms with E-state index in [9.17, 15) is 0 Å². The van der Waals surface area contributed by atoms with Crippen molar-refractivity contribution in [3.05, 3.63) is 36.0 Å². The quantitative estimate of drug-likeness (QED) is 0.819. The average molecular weight is 245 g/mol. The van der Waals surface area contributed by atoms with E-state index in [1.807, 2.05) is 6.20 Å². The molecule has 0 saturated heterocycles. The van der Waals surface area contributed by atoms with Gasteiger partial charge in [0, 0.05) is 30.8 Å². The van der Waals surface area contributed by atoms with Gasteiger partial charge in [0.05, 0.1) is 0 Å². The van der Waals surface area contributed by atoms with E-state index in [4.69, 9.17) is 0 Å². The Kier molecular flexibility index (Phi) is 4.39. The molecule has 0 aliphatic rings. The van der Waals surface area contributed by atoms with Crippen molar-refractivity contribution in [3.8, 4) is 0 Å². The van der Waals surface area contributed by atoms with Crippen LogP contribution in [-0.4, -0.2) is 36.1 Å². The van der Waals surface area contributed by atoms with Crippen molar-refractivity contribution in [1.29, 1.82) is 0 Å². The predicted molar refractivity (Wildman–Crippen MR) is 77.8 cm³/mol. The first-order valence-electron chi connectivity index (χ1n) is 6.67. The first-order chi connectivity index (χ1) is 8.69. The molecular formula is C15H23N3. The zero-order valence-electron chi connectivity index (χ0n) is 11.5. The highest BCUT2D eigenvalue weighted by Gasteiger charge is 2.04. The van der Waals surface area contributed by atoms with Gasteiger partial charge in [0.25, 0.3) is 0 Å². The number of fused-ring (bicyclic) bond motifs is 1. The minimum atomic E-state index is 0.511. The summed E-state index contributed by atoms with van der Waals surface area (Å²) >= 11 is 0. The highest BCUT2D eigenvalue weighted by Crippen LogP contribution is 2.14. The second-order valence-corrected chi connectivity index (χ2v) is 5.04. The number of benzene rings is 1. The number of rotatable bonds is 6. The van der Waals surface area contributed by atoms with Gasteiger partial charge in [-0.25, -0.2) is 0 Å². The summed E-state index contributed by atoms with van der Waals surface area (Å²) in [6.07, 6.45) is 1.99. The van der Waals surface area contributed by atoms with Crippen molar-refractivity contribution in [2.24, 2.45) is 0 Å². The van der Waals surface area contributed by atoms with Gasteiger partial charge < -0.3 is 15.2 Å². The molecule has 1 aromatic heterocycles. The Bertz CT molecular complexity index is 489. The fourth-order valence-electron chi connectivity index (χ4n) is 2.17. The van der Waals surface area contributed by atoms with Gasteiger partial charge in [0.1, 0.15) is 0 Å². The lowest BCUT2D eigenvalue weighted by Gasteiger charge is -2.20. The van der Waals surface area contributed by atoms with Crippen LogP contribution in [0, 0.1) is 0 Å². The summed E-state index contributed by atoms with van der Waals surface area (Å²) < 4.78 is 0. The van der Waals surface area contributed by atoms with Gasteiger partial charge in [-0.2, -0.15) is 0 Å². The lowest BCUT2D eigenvalue weighted by Crippen LogP contribution is -2.36. The summed E-state index contributed by atoms with van der Waals surface area (Å²) in [4.78, 5) is 5.54. The van der Waals surface area contributed by atoms with Crippen molar-refractivity contribution in [1.82, 2.24) is 15.2 Å². The molecular weight excluding hydrogens is 222 g/mol. The molecule has 2 aromatic rings. The van der Waals surface area contributed by atoms with E-state index in [1.54, 1.807) is 0 Å². The Morgan fingerprint density at radius 1 is 1.33 bits per heavy atom. The number of nitrogens with one attached hydrogen (secondary N) is 2. The predicted octanol–water partition coefficient (Wildman–Crippen LogP) is 2.60. The Morgan fingerprint density at radius 2 is 2.17 bits per heavy atom. The molecule has 1 atom stereocenters. The van der Waals surface area contributed by atoms with Crippen molar-refractivity contribution in [2.75, 3.05) is 20.1 Å². The maximum atomic E-state index is 3.57. The number of nitrogens with zero attached hydrogens (tertiary/aromatic N) is 1. The van der Waals surface area contributed by atoms with Gasteiger partial charge in [-0.3, -0.25) is 0 Å². The van der Waals surface area contributed by atoms with Crippen molar-refractivity contribution in [2.45, 2.75) is 26.4 Å². The summed E-state index contributed by atoms with van der Waals surface area (Å²) in [5.41, 5.74) is 2.55. The lowest BCUT2D eigenvalue weighted by molar-refractivity contribution is 0.309. The van der Waals surface area contributed by atoms with E-state index >= 15 is 0 Å². The Balaban J connectivity index is 1.89. The van der Waals surface area contributed by atoms with E-state index in [2.05, 4.69) is 60.4 Å². The molecule has 0 amide bonds. The number of hydrogen-bond donors (Lipinski definition) is 2. The molecule has 18 heavy (non-hydrogen) atoms. The number of aromatic amines is 1. The minimum Gasteiger partial charge on any atom is -0.361 e. The Hall–Kier alpha value is -1.32. The average Bonchev–Trinajstić information content (AvgIpc) is 2.83. The number of H-pyrrole nitrogens is 1. The summed E-state index contributed by atoms with van der Waals surface area (Å²) in [6, 6.07) is 9.20. The van der Waals surface area contributed by atoms with Gasteiger partial charge in [0.2, 0.25) is 0 Å². The highest BCUT2D eigenvalue weighted by molar-refractivity contribution is 5.79. The smallest absolute Gasteiger partial charge is 0.0454 e. The standard InChI is InChI=1S/C15H23N3/c1-4-18(3)11-12(2)17-10-13-5-6-15-14(9-13)7-8-16-15/h5-9,12,16-17H,4,10-11H2,1-3H3. The third kappa shape index (κ3) is 3.34. The topological polar surface area (TPSA) is 31.1 Å². The molecule has 0 aliphatic heterocycles. The summed E-state index contributed by atoms with van der Waals surface area (Å²) in [6.45, 7) is 7.54. The van der Waals surface area contributed by atoms with Crippen LogP contribution in [0.3, 0.4) is 0 Å². The van der Waals surface area contributed by atoms with Gasteiger partial charge >= 0.3 is 0 Å². The molecule has 0 radical (unpaired) electrons. The van der Waals surface area contributed by atoms with Gasteiger partial charge in [0.15, 0.2) is 0 Å². The van der Waals surface area contributed by atoms with Gasteiger partial charge in [-0.1, -0.05) is 13.0 Å². The summed E-state index contributed by atoms with van der Waals surface area (Å²) in [5.74, 6) is 0. The van der Waals surface area contributed by atoms with Crippen LogP contribution >= 0.6 is 0 Å². The SMILES string of the molecule is CCN(C)CC(C)NCc1ccc2[nH]ccc2c1. The van der Waals surface area contributed by atoms with Crippen LogP contribution in [-0.2, 0) is 6.54 Å². The Labute approximate surface area is 109 Å². The number of aromatic nitrogens is 1. The largest absolute Gasteiger partial charge is 0.361 e. The first-order valence-corrected chi connectivity index (χ1v) is 6.67. The molecule has 3 nitrogen and oxygen atoms in total. The van der Waals surface area contributed by atoms with Crippen LogP contribution in [0.1, 0.15) is 19.4 Å². The van der Waals surface area contributed by atoms with Crippen molar-refractivity contribution in [3.63, 3.8) is 0 Å². The van der Waals surface area contributed by atoms with Crippen LogP contribution in [0.25, 0.3) is 10.9 Å². The molecule has 0 bridgehead atoms. The maximum Gasteiger partial charge on any atom is 0.0454 e. The normalized spacial score (nSPS) is 13.3. The fraction of sp³-hybridized carbons (Fsp3) is 0.467. The van der Waals surface area contributed by atoms with E-state index in [0.29, 0.717) is 6.04 Å². The van der Waals surface area contributed by atoms with E-state index in [-0.39, 0.29) is 0 Å². The molecule has 1 unspecified atom stereocenters. The summed E-state index contributed by atoms with van der Waals surface area (Å²) in [5, 5.41) is 4.85. The highest BCUT2D eigenvalue weighted by atomic mass is 15.1. The Morgan fingerprint density at radius 3 is 2.94 bits per heavy atom. The monoisotopic (exact) mass is 245 g/mol. The molecule has 1 heterocycles. The second kappa shape index (κ2) is 6.03. The van der Waals surface area contributed by atoms with Crippen LogP contribution in [0.4, 0.5) is 0 Å². The van der Waals surface area contributed by atoms with Crippen LogP contribution in [0.2, 0.25) is 0 Å². The minimum absolute atomic E-state index is 0.511. The molecule has 98 valence electrons. The fourth-order valence-corrected chi connectivity index (χ4v) is 2.17. The third-order valence-electron chi connectivity index (χ3n) is 3.40. The summed E-state index contributed by atoms with van der Waals surface area (Å²) in [7, 11) is 2.16. The van der Waals surface area contributed by atoms with Crippen LogP contribution < -0.4 is 5.32 Å². The zero-order valence-corrected chi connectivity index (χ0v) is 11.5. The molecule has 0 spiro atoms. The van der Waals surface area contributed by atoms with Gasteiger partial charge in [-0.15, -0.1) is 0 Å². The molecule has 1 aromatic carbocycles. The molecule has 3 heteroatoms. The third-order valence-corrected chi connectivity index (χ3v) is 3.40. The van der Waals surface area contributed by atoms with Gasteiger partial charge in [-0.05, 0) is 49.7 Å². The zero-order chi connectivity index (χ0) is 13.0. The van der Waals surface area contributed by atoms with Crippen molar-refractivity contribution < 1.29 is 0 Å². The van der Waals surface area contributed by atoms with E-state index in [1.165, 1.54) is 16.5 Å². The molecule has 0 aliphatic carbocycles. The molecule has 0 fully saturated rings. The molecule has 2 rings (SSSR count). The first kappa shape index (κ1) is 13.1.